The van der Waals surface area contributed by atoms with E-state index in [1.807, 2.05) is 4.90 Å². The summed E-state index contributed by atoms with van der Waals surface area (Å²) in [7, 11) is -3.05. The molecule has 1 unspecified atom stereocenters. The monoisotopic (exact) mass is 382 g/mol. The largest absolute Gasteiger partial charge is 0.376 e. The Bertz CT molecular complexity index is 760. The minimum atomic E-state index is -3.05. The maximum atomic E-state index is 13.7. The molecular weight excluding hydrogens is 355 g/mol. The minimum absolute atomic E-state index is 0.0511. The summed E-state index contributed by atoms with van der Waals surface area (Å²) in [6.07, 6.45) is 5.70. The topological polar surface area (TPSA) is 66.5 Å². The number of hydrogen-bond acceptors (Lipinski definition) is 4. The van der Waals surface area contributed by atoms with Gasteiger partial charge in [-0.2, -0.15) is 0 Å². The zero-order valence-electron chi connectivity index (χ0n) is 15.2. The Morgan fingerprint density at radius 2 is 1.92 bits per heavy atom. The lowest BCUT2D eigenvalue weighted by Crippen LogP contribution is -2.50. The van der Waals surface area contributed by atoms with Crippen molar-refractivity contribution < 1.29 is 17.6 Å². The fraction of sp³-hybridized carbons (Fsp3) is 0.632. The quantitative estimate of drug-likeness (QED) is 0.850. The molecule has 1 aliphatic heterocycles. The molecule has 1 saturated carbocycles. The molecule has 2 aliphatic rings. The average Bonchev–Trinajstić information content (AvgIpc) is 2.96. The molecule has 1 aliphatic carbocycles. The van der Waals surface area contributed by atoms with Crippen LogP contribution in [0.3, 0.4) is 0 Å². The molecule has 26 heavy (non-hydrogen) atoms. The van der Waals surface area contributed by atoms with E-state index in [0.29, 0.717) is 17.7 Å². The SMILES string of the molecule is Cc1ccc(NCC(=O)N(C2CCCCC2)C2CCS(=O)(=O)C2)cc1F. The van der Waals surface area contributed by atoms with E-state index in [9.17, 15) is 17.6 Å². The van der Waals surface area contributed by atoms with E-state index in [-0.39, 0.29) is 41.9 Å². The van der Waals surface area contributed by atoms with Crippen molar-refractivity contribution in [2.24, 2.45) is 0 Å². The molecule has 1 aromatic rings. The third-order valence-electron chi connectivity index (χ3n) is 5.47. The van der Waals surface area contributed by atoms with Crippen LogP contribution in [0.2, 0.25) is 0 Å². The molecule has 7 heteroatoms. The number of anilines is 1. The van der Waals surface area contributed by atoms with E-state index in [1.165, 1.54) is 12.5 Å². The smallest absolute Gasteiger partial charge is 0.242 e. The van der Waals surface area contributed by atoms with E-state index < -0.39 is 9.84 Å². The van der Waals surface area contributed by atoms with Crippen LogP contribution in [0.4, 0.5) is 10.1 Å². The normalized spacial score (nSPS) is 22.9. The van der Waals surface area contributed by atoms with Crippen molar-refractivity contribution in [2.75, 3.05) is 23.4 Å². The summed E-state index contributed by atoms with van der Waals surface area (Å²) in [5.41, 5.74) is 1.12. The van der Waals surface area contributed by atoms with Gasteiger partial charge in [-0.15, -0.1) is 0 Å². The number of benzene rings is 1. The number of halogens is 1. The second-order valence-corrected chi connectivity index (χ2v) is 9.70. The number of aryl methyl sites for hydroxylation is 1. The average molecular weight is 383 g/mol. The molecule has 0 bridgehead atoms. The summed E-state index contributed by atoms with van der Waals surface area (Å²) in [5.74, 6) is -0.187. The van der Waals surface area contributed by atoms with Crippen molar-refractivity contribution in [3.8, 4) is 0 Å². The predicted octanol–water partition coefficient (Wildman–Crippen LogP) is 2.89. The van der Waals surface area contributed by atoms with Crippen molar-refractivity contribution in [1.82, 2.24) is 4.90 Å². The summed E-state index contributed by atoms with van der Waals surface area (Å²) >= 11 is 0. The highest BCUT2D eigenvalue weighted by Crippen LogP contribution is 2.28. The number of hydrogen-bond donors (Lipinski definition) is 1. The van der Waals surface area contributed by atoms with Gasteiger partial charge in [-0.1, -0.05) is 25.3 Å². The molecule has 1 aromatic carbocycles. The van der Waals surface area contributed by atoms with Gasteiger partial charge in [-0.25, -0.2) is 12.8 Å². The van der Waals surface area contributed by atoms with Gasteiger partial charge in [-0.05, 0) is 43.9 Å². The van der Waals surface area contributed by atoms with Crippen LogP contribution in [0, 0.1) is 12.7 Å². The van der Waals surface area contributed by atoms with Crippen molar-refractivity contribution in [3.63, 3.8) is 0 Å². The Hall–Kier alpha value is -1.63. The van der Waals surface area contributed by atoms with Crippen LogP contribution in [-0.4, -0.2) is 49.4 Å². The highest BCUT2D eigenvalue weighted by molar-refractivity contribution is 7.91. The molecule has 0 aromatic heterocycles. The van der Waals surface area contributed by atoms with Gasteiger partial charge < -0.3 is 10.2 Å². The molecule has 0 spiro atoms. The maximum absolute atomic E-state index is 13.7. The van der Waals surface area contributed by atoms with Crippen molar-refractivity contribution in [1.29, 1.82) is 0 Å². The van der Waals surface area contributed by atoms with Crippen LogP contribution in [-0.2, 0) is 14.6 Å². The van der Waals surface area contributed by atoms with E-state index >= 15 is 0 Å². The van der Waals surface area contributed by atoms with Gasteiger partial charge in [0.2, 0.25) is 5.91 Å². The van der Waals surface area contributed by atoms with Crippen LogP contribution in [0.5, 0.6) is 0 Å². The molecule has 1 saturated heterocycles. The number of amides is 1. The number of carbonyl (C=O) groups excluding carboxylic acids is 1. The fourth-order valence-electron chi connectivity index (χ4n) is 4.03. The molecule has 2 fully saturated rings. The molecule has 144 valence electrons. The Balaban J connectivity index is 1.70. The lowest BCUT2D eigenvalue weighted by Gasteiger charge is -2.38. The first-order valence-corrected chi connectivity index (χ1v) is 11.2. The highest BCUT2D eigenvalue weighted by atomic mass is 32.2. The number of nitrogens with zero attached hydrogens (tertiary/aromatic N) is 1. The molecule has 1 heterocycles. The van der Waals surface area contributed by atoms with Gasteiger partial charge in [-0.3, -0.25) is 4.79 Å². The van der Waals surface area contributed by atoms with Gasteiger partial charge in [0.1, 0.15) is 5.82 Å². The molecule has 0 radical (unpaired) electrons. The fourth-order valence-corrected chi connectivity index (χ4v) is 5.74. The molecule has 1 N–H and O–H groups in total. The van der Waals surface area contributed by atoms with Gasteiger partial charge in [0.25, 0.3) is 0 Å². The second-order valence-electron chi connectivity index (χ2n) is 7.47. The predicted molar refractivity (Wildman–Crippen MR) is 100 cm³/mol. The van der Waals surface area contributed by atoms with Gasteiger partial charge >= 0.3 is 0 Å². The maximum Gasteiger partial charge on any atom is 0.242 e. The van der Waals surface area contributed by atoms with Crippen LogP contribution >= 0.6 is 0 Å². The Morgan fingerprint density at radius 3 is 2.54 bits per heavy atom. The zero-order valence-corrected chi connectivity index (χ0v) is 16.0. The minimum Gasteiger partial charge on any atom is -0.376 e. The van der Waals surface area contributed by atoms with Crippen molar-refractivity contribution in [2.45, 2.75) is 57.5 Å². The molecule has 5 nitrogen and oxygen atoms in total. The van der Waals surface area contributed by atoms with Crippen LogP contribution in [0.15, 0.2) is 18.2 Å². The van der Waals surface area contributed by atoms with E-state index in [2.05, 4.69) is 5.32 Å². The Morgan fingerprint density at radius 1 is 1.19 bits per heavy atom. The number of rotatable bonds is 5. The molecule has 1 amide bonds. The summed E-state index contributed by atoms with van der Waals surface area (Å²) in [4.78, 5) is 14.8. The Kier molecular flexibility index (Phi) is 5.85. The standard InChI is InChI=1S/C19H27FN2O3S/c1-14-7-8-15(11-18(14)20)21-12-19(23)22(16-5-3-2-4-6-16)17-9-10-26(24,25)13-17/h7-8,11,16-17,21H,2-6,9-10,12-13H2,1H3. The van der Waals surface area contributed by atoms with Crippen LogP contribution in [0.1, 0.15) is 44.1 Å². The Labute approximate surface area is 154 Å². The first-order valence-electron chi connectivity index (χ1n) is 9.37. The molecule has 3 rings (SSSR count). The van der Waals surface area contributed by atoms with Gasteiger partial charge in [0.05, 0.1) is 18.1 Å². The number of sulfone groups is 1. The second kappa shape index (κ2) is 7.94. The van der Waals surface area contributed by atoms with E-state index in [1.54, 1.807) is 19.1 Å². The summed E-state index contributed by atoms with van der Waals surface area (Å²) in [6, 6.07) is 4.69. The van der Waals surface area contributed by atoms with Crippen molar-refractivity contribution in [3.05, 3.63) is 29.6 Å². The lowest BCUT2D eigenvalue weighted by molar-refractivity contribution is -0.134. The van der Waals surface area contributed by atoms with E-state index in [0.717, 1.165) is 25.7 Å². The third kappa shape index (κ3) is 4.55. The number of carbonyl (C=O) groups is 1. The van der Waals surface area contributed by atoms with Crippen LogP contribution in [0.25, 0.3) is 0 Å². The highest BCUT2D eigenvalue weighted by Gasteiger charge is 2.38. The first-order chi connectivity index (χ1) is 12.4. The molecular formula is C19H27FN2O3S. The van der Waals surface area contributed by atoms with Gasteiger partial charge in [0, 0.05) is 17.8 Å². The summed E-state index contributed by atoms with van der Waals surface area (Å²) < 4.78 is 37.5. The lowest BCUT2D eigenvalue weighted by atomic mass is 9.93. The van der Waals surface area contributed by atoms with Gasteiger partial charge in [0.15, 0.2) is 9.84 Å². The summed E-state index contributed by atoms with van der Waals surface area (Å²) in [5, 5.41) is 3.00. The van der Waals surface area contributed by atoms with E-state index in [4.69, 9.17) is 0 Å². The van der Waals surface area contributed by atoms with Crippen molar-refractivity contribution >= 4 is 21.4 Å². The third-order valence-corrected chi connectivity index (χ3v) is 7.22. The summed E-state index contributed by atoms with van der Waals surface area (Å²) in [6.45, 7) is 1.74. The van der Waals surface area contributed by atoms with Crippen LogP contribution < -0.4 is 5.32 Å². The molecule has 1 atom stereocenters. The zero-order chi connectivity index (χ0) is 18.7. The first kappa shape index (κ1) is 19.1. The number of nitrogens with one attached hydrogen (secondary N) is 1.